The SMILES string of the molecule is CCNC(=NCC(c1ccco1)N1CCCC1)NCCC(=O)N(C)Cc1ccccc1.I. The molecule has 3 rings (SSSR count). The zero-order valence-electron chi connectivity index (χ0n) is 19.1. The Morgan fingerprint density at radius 2 is 1.91 bits per heavy atom. The summed E-state index contributed by atoms with van der Waals surface area (Å²) in [7, 11) is 1.85. The van der Waals surface area contributed by atoms with E-state index in [0.717, 1.165) is 36.9 Å². The molecule has 1 amide bonds. The molecule has 1 aliphatic rings. The second-order valence-electron chi connectivity index (χ2n) is 7.91. The third-order valence-electron chi connectivity index (χ3n) is 5.54. The molecule has 32 heavy (non-hydrogen) atoms. The molecule has 0 bridgehead atoms. The van der Waals surface area contributed by atoms with Gasteiger partial charge in [0, 0.05) is 33.1 Å². The Bertz CT molecular complexity index is 807. The first-order chi connectivity index (χ1) is 15.2. The van der Waals surface area contributed by atoms with Crippen LogP contribution in [0.3, 0.4) is 0 Å². The maximum absolute atomic E-state index is 12.5. The van der Waals surface area contributed by atoms with Crippen molar-refractivity contribution in [2.45, 2.75) is 38.8 Å². The van der Waals surface area contributed by atoms with Crippen molar-refractivity contribution in [1.29, 1.82) is 0 Å². The van der Waals surface area contributed by atoms with E-state index < -0.39 is 0 Å². The van der Waals surface area contributed by atoms with Crippen molar-refractivity contribution >= 4 is 35.8 Å². The van der Waals surface area contributed by atoms with Crippen LogP contribution in [0, 0.1) is 0 Å². The summed E-state index contributed by atoms with van der Waals surface area (Å²) in [4.78, 5) is 21.5. The van der Waals surface area contributed by atoms with Crippen LogP contribution in [-0.4, -0.2) is 61.4 Å². The Hall–Kier alpha value is -2.07. The van der Waals surface area contributed by atoms with E-state index in [1.807, 2.05) is 56.4 Å². The van der Waals surface area contributed by atoms with Gasteiger partial charge in [-0.25, -0.2) is 0 Å². The number of guanidine groups is 1. The number of hydrogen-bond donors (Lipinski definition) is 2. The second kappa shape index (κ2) is 14.2. The summed E-state index contributed by atoms with van der Waals surface area (Å²) in [5.74, 6) is 1.80. The van der Waals surface area contributed by atoms with Gasteiger partial charge in [0.2, 0.25) is 5.91 Å². The minimum atomic E-state index is 0. The minimum absolute atomic E-state index is 0. The molecular formula is C24H36IN5O2. The van der Waals surface area contributed by atoms with Gasteiger partial charge in [-0.3, -0.25) is 14.7 Å². The van der Waals surface area contributed by atoms with E-state index >= 15 is 0 Å². The fourth-order valence-electron chi connectivity index (χ4n) is 3.86. The second-order valence-corrected chi connectivity index (χ2v) is 7.91. The maximum atomic E-state index is 12.5. The summed E-state index contributed by atoms with van der Waals surface area (Å²) in [6.07, 6.45) is 4.58. The highest BCUT2D eigenvalue weighted by molar-refractivity contribution is 14.0. The van der Waals surface area contributed by atoms with Crippen molar-refractivity contribution in [3.63, 3.8) is 0 Å². The average molecular weight is 553 g/mol. The summed E-state index contributed by atoms with van der Waals surface area (Å²) < 4.78 is 5.69. The fourth-order valence-corrected chi connectivity index (χ4v) is 3.86. The zero-order valence-corrected chi connectivity index (χ0v) is 21.5. The molecule has 1 fully saturated rings. The molecular weight excluding hydrogens is 517 g/mol. The lowest BCUT2D eigenvalue weighted by atomic mass is 10.2. The van der Waals surface area contributed by atoms with E-state index in [4.69, 9.17) is 9.41 Å². The van der Waals surface area contributed by atoms with Crippen LogP contribution >= 0.6 is 24.0 Å². The summed E-state index contributed by atoms with van der Waals surface area (Å²) >= 11 is 0. The lowest BCUT2D eigenvalue weighted by molar-refractivity contribution is -0.130. The minimum Gasteiger partial charge on any atom is -0.468 e. The Morgan fingerprint density at radius 3 is 2.56 bits per heavy atom. The fraction of sp³-hybridized carbons (Fsp3) is 0.500. The Morgan fingerprint density at radius 1 is 1.16 bits per heavy atom. The highest BCUT2D eigenvalue weighted by Crippen LogP contribution is 2.25. The molecule has 8 heteroatoms. The molecule has 1 aliphatic heterocycles. The number of amides is 1. The lowest BCUT2D eigenvalue weighted by Crippen LogP contribution is -2.40. The number of carbonyl (C=O) groups excluding carboxylic acids is 1. The highest BCUT2D eigenvalue weighted by Gasteiger charge is 2.25. The number of furan rings is 1. The average Bonchev–Trinajstić information content (AvgIpc) is 3.49. The number of benzene rings is 1. The molecule has 1 aromatic heterocycles. The van der Waals surface area contributed by atoms with Gasteiger partial charge in [0.25, 0.3) is 0 Å². The van der Waals surface area contributed by atoms with Crippen LogP contribution in [0.2, 0.25) is 0 Å². The number of halogens is 1. The number of hydrogen-bond acceptors (Lipinski definition) is 4. The molecule has 2 N–H and O–H groups in total. The van der Waals surface area contributed by atoms with E-state index in [9.17, 15) is 4.79 Å². The number of aliphatic imine (C=N–C) groups is 1. The lowest BCUT2D eigenvalue weighted by Gasteiger charge is -2.24. The van der Waals surface area contributed by atoms with E-state index in [1.54, 1.807) is 11.2 Å². The summed E-state index contributed by atoms with van der Waals surface area (Å²) in [5, 5.41) is 6.59. The number of nitrogens with one attached hydrogen (secondary N) is 2. The normalized spacial score (nSPS) is 15.1. The molecule has 1 unspecified atom stereocenters. The van der Waals surface area contributed by atoms with Gasteiger partial charge < -0.3 is 20.0 Å². The predicted molar refractivity (Wildman–Crippen MR) is 139 cm³/mol. The summed E-state index contributed by atoms with van der Waals surface area (Å²) in [5.41, 5.74) is 1.13. The molecule has 0 radical (unpaired) electrons. The van der Waals surface area contributed by atoms with Crippen LogP contribution in [0.5, 0.6) is 0 Å². The number of carbonyl (C=O) groups is 1. The standard InChI is InChI=1S/C24H35N5O2.HI/c1-3-25-24(26-14-13-23(30)28(2)19-20-10-5-4-6-11-20)27-18-21(22-12-9-17-31-22)29-15-7-8-16-29;/h4-6,9-12,17,21H,3,7-8,13-16,18-19H2,1-2H3,(H2,25,26,27);1H. The van der Waals surface area contributed by atoms with Crippen LogP contribution < -0.4 is 10.6 Å². The van der Waals surface area contributed by atoms with E-state index in [2.05, 4.69) is 15.5 Å². The first-order valence-corrected chi connectivity index (χ1v) is 11.2. The van der Waals surface area contributed by atoms with Crippen molar-refractivity contribution < 1.29 is 9.21 Å². The van der Waals surface area contributed by atoms with E-state index in [0.29, 0.717) is 26.1 Å². The van der Waals surface area contributed by atoms with Gasteiger partial charge in [-0.15, -0.1) is 24.0 Å². The molecule has 1 atom stereocenters. The topological polar surface area (TPSA) is 73.1 Å². The van der Waals surface area contributed by atoms with Crippen molar-refractivity contribution in [3.8, 4) is 0 Å². The molecule has 176 valence electrons. The van der Waals surface area contributed by atoms with Gasteiger partial charge in [-0.2, -0.15) is 0 Å². The Kier molecular flexibility index (Phi) is 11.6. The smallest absolute Gasteiger partial charge is 0.224 e. The third kappa shape index (κ3) is 8.12. The van der Waals surface area contributed by atoms with Crippen LogP contribution in [0.4, 0.5) is 0 Å². The van der Waals surface area contributed by atoms with Gasteiger partial charge in [-0.05, 0) is 50.6 Å². The summed E-state index contributed by atoms with van der Waals surface area (Å²) in [6, 6.07) is 14.1. The van der Waals surface area contributed by atoms with Crippen molar-refractivity contribution in [3.05, 3.63) is 60.1 Å². The van der Waals surface area contributed by atoms with Crippen LogP contribution in [0.25, 0.3) is 0 Å². The monoisotopic (exact) mass is 553 g/mol. The molecule has 2 heterocycles. The largest absolute Gasteiger partial charge is 0.468 e. The number of nitrogens with zero attached hydrogens (tertiary/aromatic N) is 3. The molecule has 0 spiro atoms. The van der Waals surface area contributed by atoms with Gasteiger partial charge >= 0.3 is 0 Å². The molecule has 0 saturated carbocycles. The molecule has 7 nitrogen and oxygen atoms in total. The van der Waals surface area contributed by atoms with Gasteiger partial charge in [0.05, 0.1) is 18.8 Å². The third-order valence-corrected chi connectivity index (χ3v) is 5.54. The number of likely N-dealkylation sites (tertiary alicyclic amines) is 1. The summed E-state index contributed by atoms with van der Waals surface area (Å²) in [6.45, 7) is 6.74. The van der Waals surface area contributed by atoms with E-state index in [-0.39, 0.29) is 35.9 Å². The van der Waals surface area contributed by atoms with Gasteiger partial charge in [0.15, 0.2) is 5.96 Å². The zero-order chi connectivity index (χ0) is 21.9. The molecule has 1 saturated heterocycles. The Balaban J connectivity index is 0.00000363. The highest BCUT2D eigenvalue weighted by atomic mass is 127. The quantitative estimate of drug-likeness (QED) is 0.267. The maximum Gasteiger partial charge on any atom is 0.224 e. The van der Waals surface area contributed by atoms with Crippen molar-refractivity contribution in [2.24, 2.45) is 4.99 Å². The first-order valence-electron chi connectivity index (χ1n) is 11.2. The molecule has 0 aliphatic carbocycles. The van der Waals surface area contributed by atoms with Crippen LogP contribution in [0.1, 0.15) is 43.6 Å². The molecule has 1 aromatic carbocycles. The van der Waals surface area contributed by atoms with Crippen LogP contribution in [0.15, 0.2) is 58.1 Å². The van der Waals surface area contributed by atoms with E-state index in [1.165, 1.54) is 12.8 Å². The van der Waals surface area contributed by atoms with Gasteiger partial charge in [0.1, 0.15) is 5.76 Å². The van der Waals surface area contributed by atoms with Crippen molar-refractivity contribution in [1.82, 2.24) is 20.4 Å². The van der Waals surface area contributed by atoms with Gasteiger partial charge in [-0.1, -0.05) is 30.3 Å². The first kappa shape index (κ1) is 26.2. The molecule has 2 aromatic rings. The number of rotatable bonds is 10. The van der Waals surface area contributed by atoms with Crippen molar-refractivity contribution in [2.75, 3.05) is 39.8 Å². The Labute approximate surface area is 208 Å². The van der Waals surface area contributed by atoms with Crippen LogP contribution in [-0.2, 0) is 11.3 Å². The predicted octanol–water partition coefficient (Wildman–Crippen LogP) is 3.64.